The molecule has 2 aromatic heterocycles. The Morgan fingerprint density at radius 3 is 2.51 bits per heavy atom. The molecule has 0 radical (unpaired) electrons. The van der Waals surface area contributed by atoms with Gasteiger partial charge in [-0.05, 0) is 61.3 Å². The summed E-state index contributed by atoms with van der Waals surface area (Å²) in [5.74, 6) is 1.80. The molecular weight excluding hydrogens is 464 g/mol. The molecule has 1 aromatic carbocycles. The lowest BCUT2D eigenvalue weighted by Gasteiger charge is -2.35. The van der Waals surface area contributed by atoms with E-state index in [-0.39, 0.29) is 6.54 Å². The molecule has 0 aliphatic carbocycles. The number of nitrogens with zero attached hydrogens (tertiary/aromatic N) is 5. The minimum absolute atomic E-state index is 0.253. The van der Waals surface area contributed by atoms with Crippen LogP contribution in [0.15, 0.2) is 40.9 Å². The maximum Gasteiger partial charge on any atom is 0.227 e. The van der Waals surface area contributed by atoms with Crippen molar-refractivity contribution in [3.63, 3.8) is 0 Å². The fourth-order valence-electron chi connectivity index (χ4n) is 4.65. The standard InChI is InChI=1S/C25H32N6O3S/c1-4-29-11-13-30(14-12-29)21-7-5-20(6-8-21)27-25-26-16-18(2)24(28-25)22-15-19-9-10-31(35(3,32)33)17-23(19)34-22/h5-8,15-16H,4,9-14,17H2,1-3H3,(H,26,27,28). The lowest BCUT2D eigenvalue weighted by molar-refractivity contribution is 0.271. The first-order chi connectivity index (χ1) is 16.8. The molecule has 1 saturated heterocycles. The molecule has 1 N–H and O–H groups in total. The van der Waals surface area contributed by atoms with Crippen molar-refractivity contribution in [3.05, 3.63) is 53.4 Å². The van der Waals surface area contributed by atoms with Gasteiger partial charge in [-0.2, -0.15) is 4.31 Å². The normalized spacial score (nSPS) is 17.4. The summed E-state index contributed by atoms with van der Waals surface area (Å²) in [5, 5.41) is 3.30. The first kappa shape index (κ1) is 23.8. The van der Waals surface area contributed by atoms with Gasteiger partial charge in [0.05, 0.1) is 12.8 Å². The number of rotatable bonds is 6. The van der Waals surface area contributed by atoms with Crippen LogP contribution in [0.3, 0.4) is 0 Å². The van der Waals surface area contributed by atoms with E-state index in [0.717, 1.165) is 49.5 Å². The lowest BCUT2D eigenvalue weighted by atomic mass is 10.1. The molecule has 0 saturated carbocycles. The number of aryl methyl sites for hydroxylation is 1. The molecule has 0 atom stereocenters. The number of likely N-dealkylation sites (N-methyl/N-ethyl adjacent to an activating group) is 1. The van der Waals surface area contributed by atoms with Gasteiger partial charge in [0, 0.05) is 50.3 Å². The second-order valence-electron chi connectivity index (χ2n) is 9.22. The van der Waals surface area contributed by atoms with E-state index in [2.05, 4.69) is 51.3 Å². The Kier molecular flexibility index (Phi) is 6.52. The molecule has 0 amide bonds. The zero-order chi connectivity index (χ0) is 24.6. The van der Waals surface area contributed by atoms with Crippen LogP contribution in [0.25, 0.3) is 11.5 Å². The van der Waals surface area contributed by atoms with Gasteiger partial charge in [-0.25, -0.2) is 18.4 Å². The van der Waals surface area contributed by atoms with Gasteiger partial charge in [0.1, 0.15) is 11.5 Å². The van der Waals surface area contributed by atoms with E-state index in [1.54, 1.807) is 6.20 Å². The number of anilines is 3. The van der Waals surface area contributed by atoms with Gasteiger partial charge in [-0.1, -0.05) is 6.92 Å². The highest BCUT2D eigenvalue weighted by atomic mass is 32.2. The molecule has 4 heterocycles. The number of piperazine rings is 1. The molecule has 186 valence electrons. The van der Waals surface area contributed by atoms with Crippen LogP contribution >= 0.6 is 0 Å². The number of sulfonamides is 1. The van der Waals surface area contributed by atoms with Crippen molar-refractivity contribution in [2.24, 2.45) is 0 Å². The second kappa shape index (κ2) is 9.60. The minimum atomic E-state index is -3.26. The zero-order valence-electron chi connectivity index (χ0n) is 20.5. The van der Waals surface area contributed by atoms with Crippen molar-refractivity contribution in [2.75, 3.05) is 55.7 Å². The molecule has 10 heteroatoms. The zero-order valence-corrected chi connectivity index (χ0v) is 21.3. The van der Waals surface area contributed by atoms with Gasteiger partial charge in [-0.15, -0.1) is 0 Å². The van der Waals surface area contributed by atoms with Gasteiger partial charge in [0.15, 0.2) is 5.76 Å². The third kappa shape index (κ3) is 5.19. The van der Waals surface area contributed by atoms with E-state index in [4.69, 9.17) is 9.40 Å². The summed E-state index contributed by atoms with van der Waals surface area (Å²) in [6, 6.07) is 10.3. The quantitative estimate of drug-likeness (QED) is 0.556. The van der Waals surface area contributed by atoms with Crippen LogP contribution in [0.2, 0.25) is 0 Å². The highest BCUT2D eigenvalue weighted by Gasteiger charge is 2.27. The molecule has 2 aliphatic heterocycles. The van der Waals surface area contributed by atoms with E-state index in [9.17, 15) is 8.42 Å². The Labute approximate surface area is 206 Å². The molecule has 3 aromatic rings. The summed E-state index contributed by atoms with van der Waals surface area (Å²) < 4.78 is 31.4. The van der Waals surface area contributed by atoms with Gasteiger partial charge in [0.2, 0.25) is 16.0 Å². The SMILES string of the molecule is CCN1CCN(c2ccc(Nc3ncc(C)c(-c4cc5c(o4)CN(S(C)(=O)=O)CC5)n3)cc2)CC1. The van der Waals surface area contributed by atoms with Crippen LogP contribution in [0.4, 0.5) is 17.3 Å². The Morgan fingerprint density at radius 2 is 1.83 bits per heavy atom. The maximum absolute atomic E-state index is 11.9. The van der Waals surface area contributed by atoms with Crippen molar-refractivity contribution in [1.29, 1.82) is 0 Å². The lowest BCUT2D eigenvalue weighted by Crippen LogP contribution is -2.46. The molecule has 0 unspecified atom stereocenters. The highest BCUT2D eigenvalue weighted by Crippen LogP contribution is 2.31. The molecule has 9 nitrogen and oxygen atoms in total. The largest absolute Gasteiger partial charge is 0.458 e. The van der Waals surface area contributed by atoms with Crippen molar-refractivity contribution in [1.82, 2.24) is 19.2 Å². The summed E-state index contributed by atoms with van der Waals surface area (Å²) in [7, 11) is -3.26. The fraction of sp³-hybridized carbons (Fsp3) is 0.440. The fourth-order valence-corrected chi connectivity index (χ4v) is 5.43. The van der Waals surface area contributed by atoms with Crippen LogP contribution in [0.5, 0.6) is 0 Å². The molecule has 5 rings (SSSR count). The Balaban J connectivity index is 1.30. The summed E-state index contributed by atoms with van der Waals surface area (Å²) in [4.78, 5) is 14.0. The van der Waals surface area contributed by atoms with Crippen LogP contribution in [-0.2, 0) is 23.0 Å². The summed E-state index contributed by atoms with van der Waals surface area (Å²) in [5.41, 5.74) is 4.76. The second-order valence-corrected chi connectivity index (χ2v) is 11.2. The summed E-state index contributed by atoms with van der Waals surface area (Å²) in [6.45, 7) is 10.2. The third-order valence-electron chi connectivity index (χ3n) is 6.83. The topological polar surface area (TPSA) is 94.8 Å². The molecule has 35 heavy (non-hydrogen) atoms. The predicted molar refractivity (Wildman–Crippen MR) is 137 cm³/mol. The van der Waals surface area contributed by atoms with E-state index in [1.807, 2.05) is 13.0 Å². The highest BCUT2D eigenvalue weighted by molar-refractivity contribution is 7.88. The third-order valence-corrected chi connectivity index (χ3v) is 8.08. The average molecular weight is 497 g/mol. The number of furan rings is 1. The number of nitrogens with one attached hydrogen (secondary N) is 1. The van der Waals surface area contributed by atoms with Gasteiger partial charge in [0.25, 0.3) is 0 Å². The predicted octanol–water partition coefficient (Wildman–Crippen LogP) is 3.25. The van der Waals surface area contributed by atoms with Crippen molar-refractivity contribution in [2.45, 2.75) is 26.8 Å². The summed E-state index contributed by atoms with van der Waals surface area (Å²) >= 11 is 0. The number of hydrogen-bond acceptors (Lipinski definition) is 8. The number of benzene rings is 1. The molecule has 1 fully saturated rings. The van der Waals surface area contributed by atoms with E-state index in [0.29, 0.717) is 36.1 Å². The minimum Gasteiger partial charge on any atom is -0.458 e. The van der Waals surface area contributed by atoms with Crippen LogP contribution in [0.1, 0.15) is 23.8 Å². The Morgan fingerprint density at radius 1 is 1.09 bits per heavy atom. The van der Waals surface area contributed by atoms with Crippen LogP contribution in [0, 0.1) is 6.92 Å². The number of aromatic nitrogens is 2. The monoisotopic (exact) mass is 496 g/mol. The maximum atomic E-state index is 11.9. The first-order valence-electron chi connectivity index (χ1n) is 12.1. The molecule has 0 bridgehead atoms. The smallest absolute Gasteiger partial charge is 0.227 e. The number of fused-ring (bicyclic) bond motifs is 1. The average Bonchev–Trinajstić information content (AvgIpc) is 3.28. The molecule has 0 spiro atoms. The number of hydrogen-bond donors (Lipinski definition) is 1. The Bertz CT molecular complexity index is 1300. The van der Waals surface area contributed by atoms with E-state index >= 15 is 0 Å². The van der Waals surface area contributed by atoms with Crippen LogP contribution in [-0.4, -0.2) is 73.1 Å². The van der Waals surface area contributed by atoms with Gasteiger partial charge < -0.3 is 19.5 Å². The molecule has 2 aliphatic rings. The molecular formula is C25H32N6O3S. The van der Waals surface area contributed by atoms with Crippen molar-refractivity contribution >= 4 is 27.3 Å². The van der Waals surface area contributed by atoms with Crippen LogP contribution < -0.4 is 10.2 Å². The Hall–Kier alpha value is -2.95. The van der Waals surface area contributed by atoms with Gasteiger partial charge in [-0.3, -0.25) is 0 Å². The first-order valence-corrected chi connectivity index (χ1v) is 13.9. The van der Waals surface area contributed by atoms with Crippen molar-refractivity contribution < 1.29 is 12.8 Å². The summed E-state index contributed by atoms with van der Waals surface area (Å²) in [6.07, 6.45) is 3.63. The van der Waals surface area contributed by atoms with E-state index in [1.165, 1.54) is 16.2 Å². The van der Waals surface area contributed by atoms with Crippen molar-refractivity contribution in [3.8, 4) is 11.5 Å². The van der Waals surface area contributed by atoms with Gasteiger partial charge >= 0.3 is 0 Å². The van der Waals surface area contributed by atoms with E-state index < -0.39 is 10.0 Å².